The number of piperidine rings is 1. The molecule has 32 heavy (non-hydrogen) atoms. The Balaban J connectivity index is 1.23. The molecule has 2 aliphatic heterocycles. The van der Waals surface area contributed by atoms with Crippen LogP contribution >= 0.6 is 0 Å². The van der Waals surface area contributed by atoms with E-state index in [2.05, 4.69) is 44.5 Å². The maximum Gasteiger partial charge on any atom is 0.268 e. The van der Waals surface area contributed by atoms with Gasteiger partial charge in [0.05, 0.1) is 31.0 Å². The van der Waals surface area contributed by atoms with E-state index in [1.54, 1.807) is 19.4 Å². The van der Waals surface area contributed by atoms with Gasteiger partial charge < -0.3 is 15.0 Å². The molecule has 1 N–H and O–H groups in total. The highest BCUT2D eigenvalue weighted by atomic mass is 16.5. The standard InChI is InChI=1S/C24H33N5O3/c1-32-14-13-29-23(30)15-22(16-25-29)28-12-7-20(18-28)24(31)26-21-8-10-27(11-9-21)17-19-5-3-2-4-6-19/h2-6,15-16,20-21H,7-14,17-18H2,1H3,(H,26,31). The molecule has 172 valence electrons. The lowest BCUT2D eigenvalue weighted by Crippen LogP contribution is -2.46. The highest BCUT2D eigenvalue weighted by Gasteiger charge is 2.31. The van der Waals surface area contributed by atoms with Crippen molar-refractivity contribution < 1.29 is 9.53 Å². The van der Waals surface area contributed by atoms with Gasteiger partial charge >= 0.3 is 0 Å². The Morgan fingerprint density at radius 3 is 2.66 bits per heavy atom. The number of anilines is 1. The predicted octanol–water partition coefficient (Wildman–Crippen LogP) is 1.50. The third-order valence-electron chi connectivity index (χ3n) is 6.47. The Hall–Kier alpha value is -2.71. The van der Waals surface area contributed by atoms with Crippen molar-refractivity contribution in [1.82, 2.24) is 20.0 Å². The predicted molar refractivity (Wildman–Crippen MR) is 124 cm³/mol. The van der Waals surface area contributed by atoms with Crippen LogP contribution < -0.4 is 15.8 Å². The van der Waals surface area contributed by atoms with Crippen LogP contribution in [0.3, 0.4) is 0 Å². The van der Waals surface area contributed by atoms with Crippen LogP contribution in [-0.2, 0) is 22.6 Å². The molecule has 0 spiro atoms. The molecule has 1 aromatic carbocycles. The van der Waals surface area contributed by atoms with Crippen LogP contribution in [0.5, 0.6) is 0 Å². The van der Waals surface area contributed by atoms with E-state index in [0.29, 0.717) is 19.7 Å². The molecule has 1 amide bonds. The third-order valence-corrected chi connectivity index (χ3v) is 6.47. The number of nitrogens with one attached hydrogen (secondary N) is 1. The van der Waals surface area contributed by atoms with Crippen molar-refractivity contribution in [2.75, 3.05) is 44.8 Å². The van der Waals surface area contributed by atoms with Crippen LogP contribution in [0.4, 0.5) is 5.69 Å². The normalized spacial score (nSPS) is 19.9. The average molecular weight is 440 g/mol. The molecule has 8 heteroatoms. The number of ether oxygens (including phenoxy) is 1. The van der Waals surface area contributed by atoms with Gasteiger partial charge in [0.25, 0.3) is 5.56 Å². The molecule has 2 aliphatic rings. The van der Waals surface area contributed by atoms with Gasteiger partial charge in [0.2, 0.25) is 5.91 Å². The summed E-state index contributed by atoms with van der Waals surface area (Å²) in [6.45, 7) is 5.24. The second-order valence-electron chi connectivity index (χ2n) is 8.74. The number of aromatic nitrogens is 2. The van der Waals surface area contributed by atoms with E-state index in [4.69, 9.17) is 4.74 Å². The minimum atomic E-state index is -0.144. The monoisotopic (exact) mass is 439 g/mol. The number of amides is 1. The van der Waals surface area contributed by atoms with Gasteiger partial charge in [-0.2, -0.15) is 5.10 Å². The van der Waals surface area contributed by atoms with Gasteiger partial charge in [0.15, 0.2) is 0 Å². The minimum Gasteiger partial charge on any atom is -0.383 e. The van der Waals surface area contributed by atoms with Gasteiger partial charge in [-0.05, 0) is 24.8 Å². The molecule has 8 nitrogen and oxygen atoms in total. The Labute approximate surface area is 189 Å². The SMILES string of the molecule is COCCn1ncc(N2CCC(C(=O)NC3CCN(Cc4ccccc4)CC3)C2)cc1=O. The van der Waals surface area contributed by atoms with Crippen molar-refractivity contribution >= 4 is 11.6 Å². The van der Waals surface area contributed by atoms with Gasteiger partial charge in [0, 0.05) is 51.9 Å². The largest absolute Gasteiger partial charge is 0.383 e. The number of rotatable bonds is 8. The summed E-state index contributed by atoms with van der Waals surface area (Å²) >= 11 is 0. The van der Waals surface area contributed by atoms with Crippen molar-refractivity contribution in [2.45, 2.75) is 38.4 Å². The van der Waals surface area contributed by atoms with Crippen molar-refractivity contribution in [2.24, 2.45) is 5.92 Å². The summed E-state index contributed by atoms with van der Waals surface area (Å²) in [4.78, 5) is 29.7. The van der Waals surface area contributed by atoms with E-state index in [0.717, 1.165) is 51.1 Å². The number of carbonyl (C=O) groups excluding carboxylic acids is 1. The zero-order chi connectivity index (χ0) is 22.3. The van der Waals surface area contributed by atoms with Gasteiger partial charge in [0.1, 0.15) is 0 Å². The van der Waals surface area contributed by atoms with Gasteiger partial charge in [-0.25, -0.2) is 4.68 Å². The quantitative estimate of drug-likeness (QED) is 0.672. The fourth-order valence-corrected chi connectivity index (χ4v) is 4.55. The highest BCUT2D eigenvalue weighted by molar-refractivity contribution is 5.80. The van der Waals surface area contributed by atoms with Gasteiger partial charge in [-0.15, -0.1) is 0 Å². The Morgan fingerprint density at radius 1 is 1.16 bits per heavy atom. The minimum absolute atomic E-state index is 0.0479. The Bertz CT molecular complexity index is 940. The number of carbonyl (C=O) groups is 1. The van der Waals surface area contributed by atoms with Crippen LogP contribution in [0.2, 0.25) is 0 Å². The Morgan fingerprint density at radius 2 is 1.94 bits per heavy atom. The molecule has 3 heterocycles. The summed E-state index contributed by atoms with van der Waals surface area (Å²) in [6.07, 6.45) is 4.47. The zero-order valence-corrected chi connectivity index (χ0v) is 18.8. The molecule has 0 aliphatic carbocycles. The first-order chi connectivity index (χ1) is 15.6. The molecule has 1 unspecified atom stereocenters. The third kappa shape index (κ3) is 5.75. The fourth-order valence-electron chi connectivity index (χ4n) is 4.55. The highest BCUT2D eigenvalue weighted by Crippen LogP contribution is 2.23. The number of likely N-dealkylation sites (tertiary alicyclic amines) is 1. The van der Waals surface area contributed by atoms with E-state index in [-0.39, 0.29) is 23.4 Å². The molecular formula is C24H33N5O3. The first-order valence-electron chi connectivity index (χ1n) is 11.5. The van der Waals surface area contributed by atoms with Crippen molar-refractivity contribution in [3.8, 4) is 0 Å². The molecule has 1 aromatic heterocycles. The smallest absolute Gasteiger partial charge is 0.268 e. The Kier molecular flexibility index (Phi) is 7.55. The fraction of sp³-hybridized carbons (Fsp3) is 0.542. The lowest BCUT2D eigenvalue weighted by molar-refractivity contribution is -0.125. The summed E-state index contributed by atoms with van der Waals surface area (Å²) in [7, 11) is 1.60. The van der Waals surface area contributed by atoms with Crippen molar-refractivity contribution in [3.63, 3.8) is 0 Å². The number of hydrogen-bond acceptors (Lipinski definition) is 6. The van der Waals surface area contributed by atoms with Crippen LogP contribution in [0.15, 0.2) is 47.4 Å². The van der Waals surface area contributed by atoms with Gasteiger partial charge in [-0.3, -0.25) is 14.5 Å². The van der Waals surface area contributed by atoms with Crippen LogP contribution in [0, 0.1) is 5.92 Å². The van der Waals surface area contributed by atoms with E-state index < -0.39 is 0 Å². The summed E-state index contributed by atoms with van der Waals surface area (Å²) < 4.78 is 6.41. The number of methoxy groups -OCH3 is 1. The molecule has 4 rings (SSSR count). The molecule has 1 atom stereocenters. The first kappa shape index (κ1) is 22.5. The van der Waals surface area contributed by atoms with Crippen molar-refractivity contribution in [1.29, 1.82) is 0 Å². The molecule has 2 aromatic rings. The van der Waals surface area contributed by atoms with E-state index in [1.807, 2.05) is 6.07 Å². The number of nitrogens with zero attached hydrogens (tertiary/aromatic N) is 4. The van der Waals surface area contributed by atoms with Crippen LogP contribution in [0.25, 0.3) is 0 Å². The molecular weight excluding hydrogens is 406 g/mol. The maximum atomic E-state index is 12.9. The first-order valence-corrected chi connectivity index (χ1v) is 11.5. The summed E-state index contributed by atoms with van der Waals surface area (Å²) in [6, 6.07) is 12.4. The molecule has 2 fully saturated rings. The van der Waals surface area contributed by atoms with Crippen molar-refractivity contribution in [3.05, 3.63) is 58.5 Å². The molecule has 0 radical (unpaired) electrons. The zero-order valence-electron chi connectivity index (χ0n) is 18.8. The van der Waals surface area contributed by atoms with E-state index >= 15 is 0 Å². The van der Waals surface area contributed by atoms with Crippen LogP contribution in [-0.4, -0.2) is 66.5 Å². The number of hydrogen-bond donors (Lipinski definition) is 1. The summed E-state index contributed by atoms with van der Waals surface area (Å²) in [5, 5.41) is 7.51. The second-order valence-corrected chi connectivity index (χ2v) is 8.74. The van der Waals surface area contributed by atoms with E-state index in [1.165, 1.54) is 10.2 Å². The average Bonchev–Trinajstić information content (AvgIpc) is 3.31. The lowest BCUT2D eigenvalue weighted by atomic mass is 10.0. The second kappa shape index (κ2) is 10.7. The lowest BCUT2D eigenvalue weighted by Gasteiger charge is -2.32. The molecule has 0 saturated carbocycles. The van der Waals surface area contributed by atoms with Gasteiger partial charge in [-0.1, -0.05) is 30.3 Å². The van der Waals surface area contributed by atoms with Crippen LogP contribution in [0.1, 0.15) is 24.8 Å². The summed E-state index contributed by atoms with van der Waals surface area (Å²) in [5.41, 5.74) is 1.98. The molecule has 2 saturated heterocycles. The number of benzene rings is 1. The summed E-state index contributed by atoms with van der Waals surface area (Å²) in [5.74, 6) is 0.0867. The topological polar surface area (TPSA) is 79.7 Å². The molecule has 0 bridgehead atoms. The maximum absolute atomic E-state index is 12.9. The van der Waals surface area contributed by atoms with E-state index in [9.17, 15) is 9.59 Å².